The van der Waals surface area contributed by atoms with Crippen LogP contribution >= 0.6 is 0 Å². The maximum atomic E-state index is 13.8. The van der Waals surface area contributed by atoms with Crippen LogP contribution in [-0.4, -0.2) is 27.8 Å². The third kappa shape index (κ3) is 4.49. The van der Waals surface area contributed by atoms with Gasteiger partial charge in [-0.2, -0.15) is 0 Å². The van der Waals surface area contributed by atoms with Gasteiger partial charge in [-0.3, -0.25) is 0 Å². The molecule has 0 amide bonds. The average molecular weight is 314 g/mol. The van der Waals surface area contributed by atoms with Gasteiger partial charge in [0.2, 0.25) is 10.0 Å². The molecule has 0 bridgehead atoms. The second-order valence-corrected chi connectivity index (χ2v) is 7.61. The van der Waals surface area contributed by atoms with Gasteiger partial charge in [0, 0.05) is 12.6 Å². The predicted molar refractivity (Wildman–Crippen MR) is 82.1 cm³/mol. The van der Waals surface area contributed by atoms with Crippen LogP contribution in [0.15, 0.2) is 18.2 Å². The lowest BCUT2D eigenvalue weighted by Crippen LogP contribution is -2.33. The summed E-state index contributed by atoms with van der Waals surface area (Å²) in [5.74, 6) is 0.326. The summed E-state index contributed by atoms with van der Waals surface area (Å²) >= 11 is 0. The fraction of sp³-hybridized carbons (Fsp3) is 0.600. The van der Waals surface area contributed by atoms with E-state index in [0.29, 0.717) is 25.4 Å². The number of benzene rings is 1. The standard InChI is InChI=1S/C15H23FN2O2S/c1-11-7-8-12-13(5-3-6-14(12)16)15(11)17-9-4-10-18-21(2,19)20/h3,5-6,11,15,17-18H,4,7-10H2,1-2H3/t11-,15-/m1/s1. The van der Waals surface area contributed by atoms with E-state index >= 15 is 0 Å². The molecule has 0 unspecified atom stereocenters. The second-order valence-electron chi connectivity index (χ2n) is 5.78. The van der Waals surface area contributed by atoms with Crippen LogP contribution in [0.3, 0.4) is 0 Å². The molecule has 0 fully saturated rings. The largest absolute Gasteiger partial charge is 0.310 e. The van der Waals surface area contributed by atoms with Crippen molar-refractivity contribution in [2.75, 3.05) is 19.3 Å². The Kier molecular flexibility index (Phi) is 5.35. The van der Waals surface area contributed by atoms with Crippen molar-refractivity contribution in [2.24, 2.45) is 5.92 Å². The lowest BCUT2D eigenvalue weighted by Gasteiger charge is -2.32. The molecule has 0 heterocycles. The minimum absolute atomic E-state index is 0.120. The van der Waals surface area contributed by atoms with Gasteiger partial charge in [0.05, 0.1) is 6.26 Å². The first-order chi connectivity index (χ1) is 9.88. The topological polar surface area (TPSA) is 58.2 Å². The van der Waals surface area contributed by atoms with E-state index in [0.717, 1.165) is 30.2 Å². The SMILES string of the molecule is C[C@@H]1CCc2c(F)cccc2[C@@H]1NCCCNS(C)(=O)=O. The van der Waals surface area contributed by atoms with E-state index in [-0.39, 0.29) is 11.9 Å². The highest BCUT2D eigenvalue weighted by atomic mass is 32.2. The smallest absolute Gasteiger partial charge is 0.208 e. The molecule has 0 saturated heterocycles. The molecule has 1 aliphatic carbocycles. The molecule has 21 heavy (non-hydrogen) atoms. The maximum Gasteiger partial charge on any atom is 0.208 e. The Morgan fingerprint density at radius 3 is 2.81 bits per heavy atom. The zero-order valence-electron chi connectivity index (χ0n) is 12.5. The Bertz CT molecular complexity index is 589. The fourth-order valence-corrected chi connectivity index (χ4v) is 3.41. The van der Waals surface area contributed by atoms with Crippen molar-refractivity contribution < 1.29 is 12.8 Å². The van der Waals surface area contributed by atoms with E-state index in [4.69, 9.17) is 0 Å². The number of sulfonamides is 1. The summed E-state index contributed by atoms with van der Waals surface area (Å²) in [7, 11) is -3.12. The van der Waals surface area contributed by atoms with E-state index in [1.807, 2.05) is 6.07 Å². The molecule has 1 aliphatic rings. The molecule has 2 atom stereocenters. The van der Waals surface area contributed by atoms with E-state index < -0.39 is 10.0 Å². The van der Waals surface area contributed by atoms with Crippen LogP contribution in [0.4, 0.5) is 4.39 Å². The molecule has 0 saturated carbocycles. The van der Waals surface area contributed by atoms with E-state index in [9.17, 15) is 12.8 Å². The van der Waals surface area contributed by atoms with Crippen LogP contribution in [0.2, 0.25) is 0 Å². The number of hydrogen-bond acceptors (Lipinski definition) is 3. The molecule has 2 rings (SSSR count). The number of hydrogen-bond donors (Lipinski definition) is 2. The number of nitrogens with one attached hydrogen (secondary N) is 2. The molecule has 6 heteroatoms. The van der Waals surface area contributed by atoms with Crippen LogP contribution in [0.5, 0.6) is 0 Å². The molecule has 1 aromatic carbocycles. The first kappa shape index (κ1) is 16.4. The van der Waals surface area contributed by atoms with Gasteiger partial charge in [0.1, 0.15) is 5.82 Å². The zero-order chi connectivity index (χ0) is 15.5. The summed E-state index contributed by atoms with van der Waals surface area (Å²) in [5, 5.41) is 3.44. The quantitative estimate of drug-likeness (QED) is 0.789. The third-order valence-electron chi connectivity index (χ3n) is 3.99. The third-order valence-corrected chi connectivity index (χ3v) is 4.72. The molecular weight excluding hydrogens is 291 g/mol. The van der Waals surface area contributed by atoms with Crippen molar-refractivity contribution >= 4 is 10.0 Å². The molecule has 118 valence electrons. The molecule has 1 aromatic rings. The summed E-state index contributed by atoms with van der Waals surface area (Å²) in [5.41, 5.74) is 1.87. The Balaban J connectivity index is 1.93. The fourth-order valence-electron chi connectivity index (χ4n) is 2.89. The Morgan fingerprint density at radius 2 is 2.10 bits per heavy atom. The first-order valence-corrected chi connectivity index (χ1v) is 9.23. The minimum Gasteiger partial charge on any atom is -0.310 e. The summed E-state index contributed by atoms with van der Waals surface area (Å²) in [6.45, 7) is 3.29. The van der Waals surface area contributed by atoms with E-state index in [1.165, 1.54) is 6.07 Å². The lowest BCUT2D eigenvalue weighted by molar-refractivity contribution is 0.339. The van der Waals surface area contributed by atoms with E-state index in [1.54, 1.807) is 6.07 Å². The maximum absolute atomic E-state index is 13.8. The van der Waals surface area contributed by atoms with Gasteiger partial charge in [-0.15, -0.1) is 0 Å². The van der Waals surface area contributed by atoms with Gasteiger partial charge in [-0.25, -0.2) is 17.5 Å². The van der Waals surface area contributed by atoms with Gasteiger partial charge >= 0.3 is 0 Å². The Hall–Kier alpha value is -0.980. The van der Waals surface area contributed by atoms with Crippen LogP contribution in [0, 0.1) is 11.7 Å². The zero-order valence-corrected chi connectivity index (χ0v) is 13.3. The molecule has 0 aromatic heterocycles. The van der Waals surface area contributed by atoms with Gasteiger partial charge in [0.25, 0.3) is 0 Å². The molecule has 0 spiro atoms. The monoisotopic (exact) mass is 314 g/mol. The van der Waals surface area contributed by atoms with Crippen LogP contribution < -0.4 is 10.0 Å². The van der Waals surface area contributed by atoms with E-state index in [2.05, 4.69) is 17.0 Å². The van der Waals surface area contributed by atoms with Gasteiger partial charge in [0.15, 0.2) is 0 Å². The van der Waals surface area contributed by atoms with Crippen molar-refractivity contribution in [3.05, 3.63) is 35.1 Å². The van der Waals surface area contributed by atoms with Crippen molar-refractivity contribution in [2.45, 2.75) is 32.2 Å². The van der Waals surface area contributed by atoms with Crippen molar-refractivity contribution in [1.82, 2.24) is 10.0 Å². The summed E-state index contributed by atoms with van der Waals surface area (Å²) in [6.07, 6.45) is 3.62. The van der Waals surface area contributed by atoms with Crippen LogP contribution in [0.25, 0.3) is 0 Å². The summed E-state index contributed by atoms with van der Waals surface area (Å²) < 4.78 is 38.3. The lowest BCUT2D eigenvalue weighted by atomic mass is 9.80. The van der Waals surface area contributed by atoms with Gasteiger partial charge in [-0.05, 0) is 48.9 Å². The van der Waals surface area contributed by atoms with Crippen molar-refractivity contribution in [3.63, 3.8) is 0 Å². The number of rotatable bonds is 6. The Morgan fingerprint density at radius 1 is 1.33 bits per heavy atom. The summed E-state index contributed by atoms with van der Waals surface area (Å²) in [6, 6.07) is 5.40. The first-order valence-electron chi connectivity index (χ1n) is 7.34. The Labute approximate surface area is 126 Å². The van der Waals surface area contributed by atoms with Crippen molar-refractivity contribution in [3.8, 4) is 0 Å². The molecule has 2 N–H and O–H groups in total. The minimum atomic E-state index is -3.12. The van der Waals surface area contributed by atoms with Gasteiger partial charge < -0.3 is 5.32 Å². The molecule has 0 aliphatic heterocycles. The highest BCUT2D eigenvalue weighted by Gasteiger charge is 2.27. The molecule has 0 radical (unpaired) electrons. The van der Waals surface area contributed by atoms with Crippen LogP contribution in [0.1, 0.15) is 36.9 Å². The highest BCUT2D eigenvalue weighted by Crippen LogP contribution is 2.35. The van der Waals surface area contributed by atoms with Crippen molar-refractivity contribution in [1.29, 1.82) is 0 Å². The molecular formula is C15H23FN2O2S. The van der Waals surface area contributed by atoms with Gasteiger partial charge in [-0.1, -0.05) is 19.1 Å². The molecule has 4 nitrogen and oxygen atoms in total. The predicted octanol–water partition coefficient (Wildman–Crippen LogP) is 1.98. The highest BCUT2D eigenvalue weighted by molar-refractivity contribution is 7.88. The number of halogens is 1. The summed E-state index contributed by atoms with van der Waals surface area (Å²) in [4.78, 5) is 0. The van der Waals surface area contributed by atoms with Crippen LogP contribution in [-0.2, 0) is 16.4 Å². The normalized spacial score (nSPS) is 22.0. The average Bonchev–Trinajstić information content (AvgIpc) is 2.39. The second kappa shape index (κ2) is 6.85. The number of fused-ring (bicyclic) bond motifs is 1.